The fourth-order valence-corrected chi connectivity index (χ4v) is 2.41. The highest BCUT2D eigenvalue weighted by molar-refractivity contribution is 6.31. The summed E-state index contributed by atoms with van der Waals surface area (Å²) >= 11 is 6.14. The zero-order valence-electron chi connectivity index (χ0n) is 9.45. The Balaban J connectivity index is 1.96. The Bertz CT molecular complexity index is 348. The van der Waals surface area contributed by atoms with Crippen molar-refractivity contribution in [1.82, 2.24) is 4.90 Å². The van der Waals surface area contributed by atoms with Gasteiger partial charge in [0, 0.05) is 11.6 Å². The van der Waals surface area contributed by atoms with Gasteiger partial charge >= 0.3 is 0 Å². The standard InChI is InChI=1S/C13H18ClNO/c14-13-4-3-11(10-16)9-12(13)5-8-15-6-1-2-7-15/h3-4,9,16H,1-2,5-8,10H2. The molecular weight excluding hydrogens is 222 g/mol. The fourth-order valence-electron chi connectivity index (χ4n) is 2.20. The Morgan fingerprint density at radius 3 is 2.69 bits per heavy atom. The molecule has 1 aliphatic heterocycles. The first kappa shape index (κ1) is 11.9. The van der Waals surface area contributed by atoms with Crippen molar-refractivity contribution in [3.8, 4) is 0 Å². The molecule has 1 aliphatic rings. The van der Waals surface area contributed by atoms with E-state index in [2.05, 4.69) is 4.90 Å². The van der Waals surface area contributed by atoms with Gasteiger partial charge in [0.2, 0.25) is 0 Å². The third-order valence-corrected chi connectivity index (χ3v) is 3.56. The van der Waals surface area contributed by atoms with Crippen LogP contribution >= 0.6 is 11.6 Å². The maximum atomic E-state index is 9.08. The molecule has 0 radical (unpaired) electrons. The first-order valence-electron chi connectivity index (χ1n) is 5.90. The zero-order valence-corrected chi connectivity index (χ0v) is 10.2. The van der Waals surface area contributed by atoms with Crippen molar-refractivity contribution in [3.63, 3.8) is 0 Å². The molecule has 88 valence electrons. The molecule has 2 nitrogen and oxygen atoms in total. The molecule has 3 heteroatoms. The number of aliphatic hydroxyl groups is 1. The van der Waals surface area contributed by atoms with E-state index in [0.717, 1.165) is 29.1 Å². The van der Waals surface area contributed by atoms with Gasteiger partial charge in [-0.05, 0) is 49.5 Å². The van der Waals surface area contributed by atoms with Crippen molar-refractivity contribution in [3.05, 3.63) is 34.3 Å². The molecule has 2 rings (SSSR count). The Morgan fingerprint density at radius 1 is 1.25 bits per heavy atom. The van der Waals surface area contributed by atoms with Crippen LogP contribution in [0.4, 0.5) is 0 Å². The molecule has 0 saturated carbocycles. The van der Waals surface area contributed by atoms with Crippen LogP contribution in [0.2, 0.25) is 5.02 Å². The molecule has 0 atom stereocenters. The summed E-state index contributed by atoms with van der Waals surface area (Å²) in [6, 6.07) is 5.77. The van der Waals surface area contributed by atoms with Gasteiger partial charge in [-0.25, -0.2) is 0 Å². The molecular formula is C13H18ClNO. The summed E-state index contributed by atoms with van der Waals surface area (Å²) in [5.74, 6) is 0. The number of rotatable bonds is 4. The van der Waals surface area contributed by atoms with Gasteiger partial charge in [0.25, 0.3) is 0 Å². The predicted molar refractivity (Wildman–Crippen MR) is 66.8 cm³/mol. The van der Waals surface area contributed by atoms with Crippen LogP contribution in [0.5, 0.6) is 0 Å². The molecule has 1 heterocycles. The summed E-state index contributed by atoms with van der Waals surface area (Å²) in [6.07, 6.45) is 3.63. The van der Waals surface area contributed by atoms with Gasteiger partial charge in [0.1, 0.15) is 0 Å². The average Bonchev–Trinajstić information content (AvgIpc) is 2.81. The van der Waals surface area contributed by atoms with E-state index in [4.69, 9.17) is 16.7 Å². The Kier molecular flexibility index (Phi) is 4.22. The largest absolute Gasteiger partial charge is 0.392 e. The third-order valence-electron chi connectivity index (χ3n) is 3.19. The summed E-state index contributed by atoms with van der Waals surface area (Å²) in [7, 11) is 0. The van der Waals surface area contributed by atoms with E-state index in [1.807, 2.05) is 18.2 Å². The van der Waals surface area contributed by atoms with E-state index in [0.29, 0.717) is 0 Å². The van der Waals surface area contributed by atoms with Crippen LogP contribution in [0.25, 0.3) is 0 Å². The van der Waals surface area contributed by atoms with Crippen LogP contribution in [0.15, 0.2) is 18.2 Å². The smallest absolute Gasteiger partial charge is 0.0681 e. The second kappa shape index (κ2) is 5.67. The van der Waals surface area contributed by atoms with Crippen molar-refractivity contribution in [2.75, 3.05) is 19.6 Å². The van der Waals surface area contributed by atoms with Crippen LogP contribution in [-0.4, -0.2) is 29.6 Å². The van der Waals surface area contributed by atoms with Crippen LogP contribution in [0.1, 0.15) is 24.0 Å². The molecule has 1 N–H and O–H groups in total. The first-order chi connectivity index (χ1) is 7.79. The monoisotopic (exact) mass is 239 g/mol. The first-order valence-corrected chi connectivity index (χ1v) is 6.28. The number of benzene rings is 1. The Labute approximate surface area is 102 Å². The van der Waals surface area contributed by atoms with Crippen LogP contribution in [0.3, 0.4) is 0 Å². The topological polar surface area (TPSA) is 23.5 Å². The Morgan fingerprint density at radius 2 is 2.00 bits per heavy atom. The Hall–Kier alpha value is -0.570. The summed E-state index contributed by atoms with van der Waals surface area (Å²) in [5.41, 5.74) is 2.10. The minimum Gasteiger partial charge on any atom is -0.392 e. The quantitative estimate of drug-likeness (QED) is 0.873. The molecule has 1 saturated heterocycles. The molecule has 0 bridgehead atoms. The minimum atomic E-state index is 0.0912. The van der Waals surface area contributed by atoms with Gasteiger partial charge in [-0.3, -0.25) is 0 Å². The summed E-state index contributed by atoms with van der Waals surface area (Å²) in [6.45, 7) is 3.61. The molecule has 1 fully saturated rings. The second-order valence-corrected chi connectivity index (χ2v) is 4.79. The average molecular weight is 240 g/mol. The molecule has 1 aromatic rings. The van der Waals surface area contributed by atoms with E-state index in [9.17, 15) is 0 Å². The number of aliphatic hydroxyl groups excluding tert-OH is 1. The van der Waals surface area contributed by atoms with E-state index >= 15 is 0 Å². The third kappa shape index (κ3) is 2.97. The van der Waals surface area contributed by atoms with E-state index in [1.165, 1.54) is 25.9 Å². The number of halogens is 1. The molecule has 0 spiro atoms. The molecule has 0 aliphatic carbocycles. The molecule has 0 aromatic heterocycles. The van der Waals surface area contributed by atoms with Gasteiger partial charge < -0.3 is 10.0 Å². The van der Waals surface area contributed by atoms with Crippen molar-refractivity contribution < 1.29 is 5.11 Å². The molecule has 16 heavy (non-hydrogen) atoms. The normalized spacial score (nSPS) is 16.9. The highest BCUT2D eigenvalue weighted by Crippen LogP contribution is 2.19. The summed E-state index contributed by atoms with van der Waals surface area (Å²) in [4.78, 5) is 2.47. The lowest BCUT2D eigenvalue weighted by molar-refractivity contribution is 0.281. The second-order valence-electron chi connectivity index (χ2n) is 4.38. The molecule has 0 amide bonds. The molecule has 1 aromatic carbocycles. The van der Waals surface area contributed by atoms with Crippen molar-refractivity contribution >= 4 is 11.6 Å². The van der Waals surface area contributed by atoms with Gasteiger partial charge in [-0.15, -0.1) is 0 Å². The van der Waals surface area contributed by atoms with Crippen LogP contribution in [-0.2, 0) is 13.0 Å². The number of hydrogen-bond donors (Lipinski definition) is 1. The highest BCUT2D eigenvalue weighted by atomic mass is 35.5. The van der Waals surface area contributed by atoms with E-state index < -0.39 is 0 Å². The van der Waals surface area contributed by atoms with Gasteiger partial charge in [-0.1, -0.05) is 23.7 Å². The van der Waals surface area contributed by atoms with Gasteiger partial charge in [-0.2, -0.15) is 0 Å². The lowest BCUT2D eigenvalue weighted by atomic mass is 10.1. The maximum absolute atomic E-state index is 9.08. The molecule has 0 unspecified atom stereocenters. The van der Waals surface area contributed by atoms with E-state index in [-0.39, 0.29) is 6.61 Å². The number of hydrogen-bond acceptors (Lipinski definition) is 2. The maximum Gasteiger partial charge on any atom is 0.0681 e. The van der Waals surface area contributed by atoms with Crippen molar-refractivity contribution in [1.29, 1.82) is 0 Å². The van der Waals surface area contributed by atoms with Gasteiger partial charge in [0.05, 0.1) is 6.61 Å². The zero-order chi connectivity index (χ0) is 11.4. The van der Waals surface area contributed by atoms with E-state index in [1.54, 1.807) is 0 Å². The highest BCUT2D eigenvalue weighted by Gasteiger charge is 2.11. The van der Waals surface area contributed by atoms with Gasteiger partial charge in [0.15, 0.2) is 0 Å². The summed E-state index contributed by atoms with van der Waals surface area (Å²) in [5, 5.41) is 9.90. The lowest BCUT2D eigenvalue weighted by Crippen LogP contribution is -2.22. The fraction of sp³-hybridized carbons (Fsp3) is 0.538. The van der Waals surface area contributed by atoms with Crippen molar-refractivity contribution in [2.24, 2.45) is 0 Å². The van der Waals surface area contributed by atoms with Crippen LogP contribution in [0, 0.1) is 0 Å². The lowest BCUT2D eigenvalue weighted by Gasteiger charge is -2.15. The number of likely N-dealkylation sites (tertiary alicyclic amines) is 1. The van der Waals surface area contributed by atoms with Crippen molar-refractivity contribution in [2.45, 2.75) is 25.9 Å². The number of nitrogens with zero attached hydrogens (tertiary/aromatic N) is 1. The predicted octanol–water partition coefficient (Wildman–Crippen LogP) is 2.47. The minimum absolute atomic E-state index is 0.0912. The SMILES string of the molecule is OCc1ccc(Cl)c(CCN2CCCC2)c1. The van der Waals surface area contributed by atoms with Crippen LogP contribution < -0.4 is 0 Å². The summed E-state index contributed by atoms with van der Waals surface area (Å²) < 4.78 is 0.